The van der Waals surface area contributed by atoms with Crippen LogP contribution in [0.5, 0.6) is 0 Å². The van der Waals surface area contributed by atoms with Crippen LogP contribution in [0, 0.1) is 0 Å². The third kappa shape index (κ3) is 7.75. The predicted octanol–water partition coefficient (Wildman–Crippen LogP) is -0.877. The van der Waals surface area contributed by atoms with Gasteiger partial charge in [0.2, 0.25) is 17.7 Å². The average molecular weight is 517 g/mol. The van der Waals surface area contributed by atoms with Crippen LogP contribution in [0.1, 0.15) is 37.7 Å². The summed E-state index contributed by atoms with van der Waals surface area (Å²) in [7, 11) is 0. The molecule has 9 N–H and O–H groups in total. The van der Waals surface area contributed by atoms with Crippen LogP contribution >= 0.6 is 0 Å². The summed E-state index contributed by atoms with van der Waals surface area (Å²) in [5, 5.41) is 30.9. The fourth-order valence-corrected chi connectivity index (χ4v) is 4.40. The predicted molar refractivity (Wildman–Crippen MR) is 136 cm³/mol. The van der Waals surface area contributed by atoms with Crippen LogP contribution in [-0.4, -0.2) is 82.8 Å². The van der Waals surface area contributed by atoms with Gasteiger partial charge in [-0.15, -0.1) is 0 Å². The topological polar surface area (TPSA) is 199 Å². The molecule has 12 nitrogen and oxygen atoms in total. The summed E-state index contributed by atoms with van der Waals surface area (Å²) in [5.41, 5.74) is 7.08. The zero-order chi connectivity index (χ0) is 26.8. The number of benzene rings is 1. The molecule has 1 aromatic heterocycles. The van der Waals surface area contributed by atoms with Crippen LogP contribution in [0.25, 0.3) is 10.9 Å². The van der Waals surface area contributed by atoms with Crippen molar-refractivity contribution in [1.82, 2.24) is 26.3 Å². The van der Waals surface area contributed by atoms with Gasteiger partial charge in [0, 0.05) is 23.5 Å². The van der Waals surface area contributed by atoms with Crippen molar-refractivity contribution in [3.8, 4) is 0 Å². The summed E-state index contributed by atoms with van der Waals surface area (Å²) in [6.07, 6.45) is 4.56. The van der Waals surface area contributed by atoms with Crippen LogP contribution in [0.15, 0.2) is 30.5 Å². The molecule has 1 aromatic carbocycles. The molecular weight excluding hydrogens is 480 g/mol. The molecule has 2 aromatic rings. The zero-order valence-corrected chi connectivity index (χ0v) is 20.7. The number of hydrogen-bond acceptors (Lipinski definition) is 7. The Bertz CT molecular complexity index is 1080. The van der Waals surface area contributed by atoms with Crippen molar-refractivity contribution in [2.75, 3.05) is 19.7 Å². The van der Waals surface area contributed by atoms with E-state index < -0.39 is 54.5 Å². The third-order valence-corrected chi connectivity index (χ3v) is 6.49. The van der Waals surface area contributed by atoms with E-state index in [0.717, 1.165) is 22.9 Å². The van der Waals surface area contributed by atoms with Crippen molar-refractivity contribution in [1.29, 1.82) is 0 Å². The minimum atomic E-state index is -1.27. The number of H-pyrrole nitrogens is 1. The first kappa shape index (κ1) is 28.1. The first-order chi connectivity index (χ1) is 17.8. The molecule has 0 saturated carbocycles. The van der Waals surface area contributed by atoms with E-state index in [4.69, 9.17) is 5.73 Å². The van der Waals surface area contributed by atoms with Crippen molar-refractivity contribution in [2.45, 2.75) is 62.7 Å². The van der Waals surface area contributed by atoms with Crippen molar-refractivity contribution < 1.29 is 29.4 Å². The van der Waals surface area contributed by atoms with Crippen molar-refractivity contribution in [3.63, 3.8) is 0 Å². The molecule has 0 aliphatic carbocycles. The van der Waals surface area contributed by atoms with Crippen LogP contribution in [0.3, 0.4) is 0 Å². The molecule has 1 fully saturated rings. The Balaban J connectivity index is 1.76. The number of carbonyl (C=O) groups excluding carboxylic acids is 3. The van der Waals surface area contributed by atoms with Gasteiger partial charge in [0.25, 0.3) is 0 Å². The van der Waals surface area contributed by atoms with Gasteiger partial charge in [-0.25, -0.2) is 4.79 Å². The van der Waals surface area contributed by atoms with Gasteiger partial charge in [0.1, 0.15) is 18.1 Å². The van der Waals surface area contributed by atoms with Crippen molar-refractivity contribution in [2.24, 2.45) is 5.73 Å². The molecular formula is C25H36N6O6. The fraction of sp³-hybridized carbons (Fsp3) is 0.520. The molecule has 1 saturated heterocycles. The number of nitrogens with one attached hydrogen (secondary N) is 5. The maximum absolute atomic E-state index is 13.2. The summed E-state index contributed by atoms with van der Waals surface area (Å²) in [6.45, 7) is 0.434. The molecule has 3 rings (SSSR count). The normalized spacial score (nSPS) is 17.6. The lowest BCUT2D eigenvalue weighted by atomic mass is 10.0. The molecule has 37 heavy (non-hydrogen) atoms. The van der Waals surface area contributed by atoms with Crippen LogP contribution < -0.4 is 27.0 Å². The summed E-state index contributed by atoms with van der Waals surface area (Å²) in [6, 6.07) is 3.43. The molecule has 202 valence electrons. The standard InChI is InChI=1S/C25H36N6O6/c26-10-4-3-8-19(25(36)37)29-23(34)20(12-15-13-28-17-7-2-1-6-16(15)17)30-24(35)21(14-32)31-22(33)18-9-5-11-27-18/h1-2,6-7,13,18-21,27-28,32H,3-5,8-12,14,26H2,(H,29,34)(H,30,35)(H,31,33)(H,36,37). The second kappa shape index (κ2) is 13.7. The Morgan fingerprint density at radius 3 is 2.43 bits per heavy atom. The minimum Gasteiger partial charge on any atom is -0.480 e. The molecule has 3 amide bonds. The van der Waals surface area contributed by atoms with Crippen LogP contribution in [0.2, 0.25) is 0 Å². The number of aromatic nitrogens is 1. The van der Waals surface area contributed by atoms with Gasteiger partial charge in [-0.2, -0.15) is 0 Å². The molecule has 0 radical (unpaired) electrons. The Morgan fingerprint density at radius 2 is 1.76 bits per heavy atom. The van der Waals surface area contributed by atoms with Gasteiger partial charge in [-0.3, -0.25) is 14.4 Å². The maximum atomic E-state index is 13.2. The average Bonchev–Trinajstić information content (AvgIpc) is 3.57. The van der Waals surface area contributed by atoms with Crippen LogP contribution in [0.4, 0.5) is 0 Å². The molecule has 1 aliphatic rings. The van der Waals surface area contributed by atoms with Gasteiger partial charge in [-0.05, 0) is 56.8 Å². The number of amides is 3. The monoisotopic (exact) mass is 516 g/mol. The van der Waals surface area contributed by atoms with E-state index in [0.29, 0.717) is 32.4 Å². The molecule has 0 spiro atoms. The lowest BCUT2D eigenvalue weighted by Gasteiger charge is -2.24. The second-order valence-electron chi connectivity index (χ2n) is 9.20. The number of carboxylic acids is 1. The molecule has 12 heteroatoms. The quantitative estimate of drug-likeness (QED) is 0.148. The Labute approximate surface area is 214 Å². The van der Waals surface area contributed by atoms with E-state index >= 15 is 0 Å². The summed E-state index contributed by atoms with van der Waals surface area (Å²) < 4.78 is 0. The number of para-hydroxylation sites is 1. The SMILES string of the molecule is NCCCCC(NC(=O)C(Cc1c[nH]c2ccccc12)NC(=O)C(CO)NC(=O)C1CCCN1)C(=O)O. The van der Waals surface area contributed by atoms with E-state index in [1.807, 2.05) is 24.3 Å². The van der Waals surface area contributed by atoms with Gasteiger partial charge in [0.05, 0.1) is 12.6 Å². The number of unbranched alkanes of at least 4 members (excludes halogenated alkanes) is 1. The third-order valence-electron chi connectivity index (χ3n) is 6.49. The van der Waals surface area contributed by atoms with E-state index in [9.17, 15) is 29.4 Å². The number of carboxylic acid groups (broad SMARTS) is 1. The molecule has 2 heterocycles. The number of hydrogen-bond donors (Lipinski definition) is 8. The van der Waals surface area contributed by atoms with Crippen molar-refractivity contribution >= 4 is 34.6 Å². The maximum Gasteiger partial charge on any atom is 0.326 e. The van der Waals surface area contributed by atoms with E-state index in [-0.39, 0.29) is 12.8 Å². The Morgan fingerprint density at radius 1 is 1.03 bits per heavy atom. The zero-order valence-electron chi connectivity index (χ0n) is 20.7. The summed E-state index contributed by atoms with van der Waals surface area (Å²) in [4.78, 5) is 53.6. The minimum absolute atomic E-state index is 0.0625. The number of aliphatic carboxylic acids is 1. The number of aliphatic hydroxyl groups excluding tert-OH is 1. The molecule has 4 atom stereocenters. The number of nitrogens with two attached hydrogens (primary N) is 1. The number of aromatic amines is 1. The molecule has 4 unspecified atom stereocenters. The largest absolute Gasteiger partial charge is 0.480 e. The van der Waals surface area contributed by atoms with Gasteiger partial charge in [0.15, 0.2) is 0 Å². The molecule has 1 aliphatic heterocycles. The van der Waals surface area contributed by atoms with Crippen LogP contribution in [-0.2, 0) is 25.6 Å². The van der Waals surface area contributed by atoms with Gasteiger partial charge >= 0.3 is 5.97 Å². The van der Waals surface area contributed by atoms with E-state index in [2.05, 4.69) is 26.3 Å². The summed E-state index contributed by atoms with van der Waals surface area (Å²) in [5.74, 6) is -3.02. The molecule has 0 bridgehead atoms. The number of carbonyl (C=O) groups is 4. The highest BCUT2D eigenvalue weighted by molar-refractivity contribution is 5.95. The summed E-state index contributed by atoms with van der Waals surface area (Å²) >= 11 is 0. The highest BCUT2D eigenvalue weighted by Gasteiger charge is 2.31. The number of aliphatic hydroxyl groups is 1. The first-order valence-corrected chi connectivity index (χ1v) is 12.6. The lowest BCUT2D eigenvalue weighted by molar-refractivity contribution is -0.142. The van der Waals surface area contributed by atoms with E-state index in [1.165, 1.54) is 0 Å². The Hall–Kier alpha value is -3.48. The van der Waals surface area contributed by atoms with Crippen molar-refractivity contribution in [3.05, 3.63) is 36.0 Å². The smallest absolute Gasteiger partial charge is 0.326 e. The second-order valence-corrected chi connectivity index (χ2v) is 9.20. The van der Waals surface area contributed by atoms with Gasteiger partial charge < -0.3 is 42.2 Å². The highest BCUT2D eigenvalue weighted by Crippen LogP contribution is 2.19. The van der Waals surface area contributed by atoms with E-state index in [1.54, 1.807) is 6.20 Å². The lowest BCUT2D eigenvalue weighted by Crippen LogP contribution is -2.58. The number of rotatable bonds is 14. The first-order valence-electron chi connectivity index (χ1n) is 12.6. The fourth-order valence-electron chi connectivity index (χ4n) is 4.40. The van der Waals surface area contributed by atoms with Gasteiger partial charge in [-0.1, -0.05) is 18.2 Å². The Kier molecular flexibility index (Phi) is 10.4. The highest BCUT2D eigenvalue weighted by atomic mass is 16.4. The number of fused-ring (bicyclic) bond motifs is 1.